The van der Waals surface area contributed by atoms with Crippen molar-refractivity contribution in [1.29, 1.82) is 0 Å². The topological polar surface area (TPSA) is 12.0 Å². The lowest BCUT2D eigenvalue weighted by molar-refractivity contribution is 0.459. The Balaban J connectivity index is 1.88. The first-order valence-electron chi connectivity index (χ1n) is 7.18. The Morgan fingerprint density at radius 1 is 1.12 bits per heavy atom. The summed E-state index contributed by atoms with van der Waals surface area (Å²) in [5.74, 6) is 1.58. The van der Waals surface area contributed by atoms with Gasteiger partial charge in [-0.1, -0.05) is 25.1 Å². The van der Waals surface area contributed by atoms with Gasteiger partial charge in [0.25, 0.3) is 0 Å². The minimum atomic E-state index is 0.778. The van der Waals surface area contributed by atoms with Gasteiger partial charge in [0.2, 0.25) is 0 Å². The van der Waals surface area contributed by atoms with E-state index in [1.54, 1.807) is 16.7 Å². The average molecular weight is 229 g/mol. The van der Waals surface area contributed by atoms with E-state index < -0.39 is 0 Å². The molecule has 1 aliphatic heterocycles. The minimum Gasteiger partial charge on any atom is -0.317 e. The lowest BCUT2D eigenvalue weighted by atomic mass is 9.80. The second-order valence-corrected chi connectivity index (χ2v) is 5.78. The molecule has 1 aliphatic carbocycles. The molecule has 0 aromatic heterocycles. The molecule has 1 heterocycles. The molecule has 0 saturated carbocycles. The Kier molecular flexibility index (Phi) is 3.19. The lowest BCUT2D eigenvalue weighted by Gasteiger charge is -2.27. The Hall–Kier alpha value is -0.820. The maximum absolute atomic E-state index is 3.46. The van der Waals surface area contributed by atoms with Crippen LogP contribution in [0.4, 0.5) is 0 Å². The number of hydrogen-bond donors (Lipinski definition) is 1. The normalized spacial score (nSPS) is 25.6. The fourth-order valence-corrected chi connectivity index (χ4v) is 3.46. The molecule has 1 nitrogen and oxygen atoms in total. The van der Waals surface area contributed by atoms with Crippen molar-refractivity contribution in [2.24, 2.45) is 0 Å². The van der Waals surface area contributed by atoms with Crippen LogP contribution < -0.4 is 5.32 Å². The first-order valence-corrected chi connectivity index (χ1v) is 7.18. The standard InChI is InChI=1S/C16H23N/c1-12-3-2-4-14-5-6-15(11-16(12)14)13-7-9-17-10-8-13/h5-6,11-13,17H,2-4,7-10H2,1H3. The zero-order valence-corrected chi connectivity index (χ0v) is 10.8. The summed E-state index contributed by atoms with van der Waals surface area (Å²) in [4.78, 5) is 0. The minimum absolute atomic E-state index is 0.778. The molecule has 3 rings (SSSR count). The summed E-state index contributed by atoms with van der Waals surface area (Å²) < 4.78 is 0. The van der Waals surface area contributed by atoms with Crippen molar-refractivity contribution in [3.8, 4) is 0 Å². The van der Waals surface area contributed by atoms with Gasteiger partial charge in [0.05, 0.1) is 0 Å². The fraction of sp³-hybridized carbons (Fsp3) is 0.625. The largest absolute Gasteiger partial charge is 0.317 e. The van der Waals surface area contributed by atoms with Crippen molar-refractivity contribution in [2.75, 3.05) is 13.1 Å². The quantitative estimate of drug-likeness (QED) is 0.776. The van der Waals surface area contributed by atoms with Crippen LogP contribution in [0.25, 0.3) is 0 Å². The predicted molar refractivity (Wildman–Crippen MR) is 72.6 cm³/mol. The number of fused-ring (bicyclic) bond motifs is 1. The fourth-order valence-electron chi connectivity index (χ4n) is 3.46. The molecule has 92 valence electrons. The van der Waals surface area contributed by atoms with Crippen LogP contribution in [-0.4, -0.2) is 13.1 Å². The van der Waals surface area contributed by atoms with Crippen LogP contribution >= 0.6 is 0 Å². The van der Waals surface area contributed by atoms with Crippen LogP contribution in [0.5, 0.6) is 0 Å². The van der Waals surface area contributed by atoms with Crippen molar-refractivity contribution in [2.45, 2.75) is 50.9 Å². The van der Waals surface area contributed by atoms with Gasteiger partial charge in [0.15, 0.2) is 0 Å². The van der Waals surface area contributed by atoms with Crippen molar-refractivity contribution in [1.82, 2.24) is 5.32 Å². The molecule has 0 amide bonds. The van der Waals surface area contributed by atoms with Crippen molar-refractivity contribution < 1.29 is 0 Å². The molecule has 1 aromatic carbocycles. The monoisotopic (exact) mass is 229 g/mol. The summed E-state index contributed by atoms with van der Waals surface area (Å²) in [7, 11) is 0. The Labute approximate surface area is 105 Å². The van der Waals surface area contributed by atoms with Crippen LogP contribution in [0, 0.1) is 0 Å². The molecular formula is C16H23N. The van der Waals surface area contributed by atoms with Gasteiger partial charge in [-0.25, -0.2) is 0 Å². The average Bonchev–Trinajstić information content (AvgIpc) is 2.40. The lowest BCUT2D eigenvalue weighted by Crippen LogP contribution is -2.26. The molecule has 2 aliphatic rings. The highest BCUT2D eigenvalue weighted by Gasteiger charge is 2.20. The van der Waals surface area contributed by atoms with Gasteiger partial charge < -0.3 is 5.32 Å². The predicted octanol–water partition coefficient (Wildman–Crippen LogP) is 3.59. The van der Waals surface area contributed by atoms with Crippen LogP contribution in [0.2, 0.25) is 0 Å². The third kappa shape index (κ3) is 2.26. The highest BCUT2D eigenvalue weighted by molar-refractivity contribution is 5.37. The van der Waals surface area contributed by atoms with Crippen molar-refractivity contribution >= 4 is 0 Å². The van der Waals surface area contributed by atoms with Crippen molar-refractivity contribution in [3.63, 3.8) is 0 Å². The van der Waals surface area contributed by atoms with Gasteiger partial charge in [0.1, 0.15) is 0 Å². The zero-order chi connectivity index (χ0) is 11.7. The number of nitrogens with one attached hydrogen (secondary N) is 1. The van der Waals surface area contributed by atoms with E-state index in [0.29, 0.717) is 0 Å². The molecule has 1 saturated heterocycles. The van der Waals surface area contributed by atoms with Crippen LogP contribution in [0.1, 0.15) is 61.1 Å². The Morgan fingerprint density at radius 3 is 2.76 bits per heavy atom. The molecule has 0 bridgehead atoms. The second kappa shape index (κ2) is 4.81. The molecule has 1 heteroatoms. The number of rotatable bonds is 1. The maximum atomic E-state index is 3.46. The Morgan fingerprint density at radius 2 is 1.94 bits per heavy atom. The van der Waals surface area contributed by atoms with Gasteiger partial charge in [-0.05, 0) is 73.7 Å². The van der Waals surface area contributed by atoms with Crippen molar-refractivity contribution in [3.05, 3.63) is 34.9 Å². The second-order valence-electron chi connectivity index (χ2n) is 5.78. The van der Waals surface area contributed by atoms with E-state index in [1.165, 1.54) is 45.2 Å². The summed E-state index contributed by atoms with van der Waals surface area (Å²) >= 11 is 0. The molecule has 1 atom stereocenters. The highest BCUT2D eigenvalue weighted by atomic mass is 14.9. The number of piperidine rings is 1. The molecule has 1 fully saturated rings. The number of aryl methyl sites for hydroxylation is 1. The SMILES string of the molecule is CC1CCCc2ccc(C3CCNCC3)cc21. The van der Waals surface area contributed by atoms with E-state index in [1.807, 2.05) is 0 Å². The third-order valence-corrected chi connectivity index (χ3v) is 4.59. The summed E-state index contributed by atoms with van der Waals surface area (Å²) in [6.45, 7) is 4.78. The van der Waals surface area contributed by atoms with Crippen LogP contribution in [-0.2, 0) is 6.42 Å². The van der Waals surface area contributed by atoms with Gasteiger partial charge in [-0.2, -0.15) is 0 Å². The van der Waals surface area contributed by atoms with Gasteiger partial charge in [-0.15, -0.1) is 0 Å². The third-order valence-electron chi connectivity index (χ3n) is 4.59. The van der Waals surface area contributed by atoms with Crippen LogP contribution in [0.3, 0.4) is 0 Å². The maximum Gasteiger partial charge on any atom is -0.00431 e. The van der Waals surface area contributed by atoms with E-state index in [2.05, 4.69) is 30.4 Å². The molecule has 1 aromatic rings. The summed E-state index contributed by atoms with van der Waals surface area (Å²) in [6.07, 6.45) is 6.68. The highest BCUT2D eigenvalue weighted by Crippen LogP contribution is 2.34. The van der Waals surface area contributed by atoms with E-state index in [4.69, 9.17) is 0 Å². The zero-order valence-electron chi connectivity index (χ0n) is 10.8. The van der Waals surface area contributed by atoms with E-state index in [0.717, 1.165) is 11.8 Å². The summed E-state index contributed by atoms with van der Waals surface area (Å²) in [6, 6.07) is 7.32. The molecule has 17 heavy (non-hydrogen) atoms. The first-order chi connectivity index (χ1) is 8.34. The Bertz CT molecular complexity index is 391. The van der Waals surface area contributed by atoms with Crippen LogP contribution in [0.15, 0.2) is 18.2 Å². The smallest absolute Gasteiger partial charge is 0.00431 e. The summed E-state index contributed by atoms with van der Waals surface area (Å²) in [5, 5.41) is 3.46. The number of hydrogen-bond acceptors (Lipinski definition) is 1. The molecule has 1 unspecified atom stereocenters. The molecular weight excluding hydrogens is 206 g/mol. The molecule has 0 radical (unpaired) electrons. The van der Waals surface area contributed by atoms with Gasteiger partial charge >= 0.3 is 0 Å². The van der Waals surface area contributed by atoms with E-state index in [-0.39, 0.29) is 0 Å². The first kappa shape index (κ1) is 11.3. The molecule has 0 spiro atoms. The van der Waals surface area contributed by atoms with E-state index in [9.17, 15) is 0 Å². The summed E-state index contributed by atoms with van der Waals surface area (Å²) in [5.41, 5.74) is 4.85. The van der Waals surface area contributed by atoms with Gasteiger partial charge in [-0.3, -0.25) is 0 Å². The van der Waals surface area contributed by atoms with Gasteiger partial charge in [0, 0.05) is 0 Å². The molecule has 1 N–H and O–H groups in total. The number of benzene rings is 1. The van der Waals surface area contributed by atoms with E-state index >= 15 is 0 Å².